The predicted molar refractivity (Wildman–Crippen MR) is 78.6 cm³/mol. The highest BCUT2D eigenvalue weighted by Gasteiger charge is 2.22. The van der Waals surface area contributed by atoms with Crippen LogP contribution < -0.4 is 11.1 Å². The minimum absolute atomic E-state index is 0.125. The first-order valence-electron chi connectivity index (χ1n) is 7.04. The fourth-order valence-electron chi connectivity index (χ4n) is 0.989. The summed E-state index contributed by atoms with van der Waals surface area (Å²) in [6.45, 7) is 10.8. The Morgan fingerprint density at radius 2 is 1.84 bits per heavy atom. The summed E-state index contributed by atoms with van der Waals surface area (Å²) in [5.74, 6) is -0.701. The fourth-order valence-corrected chi connectivity index (χ4v) is 0.989. The highest BCUT2D eigenvalue weighted by atomic mass is 16.2. The summed E-state index contributed by atoms with van der Waals surface area (Å²) in [5.41, 5.74) is 4.76. The van der Waals surface area contributed by atoms with E-state index in [-0.39, 0.29) is 17.7 Å². The third-order valence-electron chi connectivity index (χ3n) is 1.75. The highest BCUT2D eigenvalue weighted by Crippen LogP contribution is 2.03. The molecule has 0 aromatic rings. The Balaban J connectivity index is -0.000000207. The molecule has 0 aliphatic carbocycles. The largest absolute Gasteiger partial charge is 0.370 e. The van der Waals surface area contributed by atoms with Gasteiger partial charge in [0.15, 0.2) is 0 Å². The van der Waals surface area contributed by atoms with E-state index in [2.05, 4.69) is 19.2 Å². The molecule has 0 bridgehead atoms. The van der Waals surface area contributed by atoms with Crippen LogP contribution in [0.25, 0.3) is 0 Å². The molecule has 1 aliphatic rings. The monoisotopic (exact) mass is 274 g/mol. The van der Waals surface area contributed by atoms with E-state index in [0.717, 1.165) is 6.42 Å². The van der Waals surface area contributed by atoms with E-state index < -0.39 is 0 Å². The summed E-state index contributed by atoms with van der Waals surface area (Å²) in [6.07, 6.45) is 3.99. The minimum Gasteiger partial charge on any atom is -0.370 e. The van der Waals surface area contributed by atoms with Crippen molar-refractivity contribution in [1.82, 2.24) is 5.32 Å². The van der Waals surface area contributed by atoms with Crippen LogP contribution in [0, 0.1) is 5.92 Å². The molecule has 0 radical (unpaired) electrons. The maximum Gasteiger partial charge on any atom is 0.230 e. The first kappa shape index (κ1) is 22.8. The van der Waals surface area contributed by atoms with Gasteiger partial charge in [-0.25, -0.2) is 0 Å². The van der Waals surface area contributed by atoms with Crippen LogP contribution in [0.2, 0.25) is 0 Å². The molecule has 5 nitrogen and oxygen atoms in total. The molecule has 19 heavy (non-hydrogen) atoms. The van der Waals surface area contributed by atoms with Gasteiger partial charge >= 0.3 is 0 Å². The highest BCUT2D eigenvalue weighted by molar-refractivity contribution is 5.93. The molecule has 1 saturated heterocycles. The summed E-state index contributed by atoms with van der Waals surface area (Å²) < 4.78 is 0. The second-order valence-corrected chi connectivity index (χ2v) is 3.75. The van der Waals surface area contributed by atoms with Crippen molar-refractivity contribution in [2.45, 2.75) is 60.3 Å². The van der Waals surface area contributed by atoms with Crippen LogP contribution in [0.4, 0.5) is 0 Å². The van der Waals surface area contributed by atoms with Gasteiger partial charge in [0.25, 0.3) is 0 Å². The van der Waals surface area contributed by atoms with E-state index in [9.17, 15) is 14.4 Å². The number of amides is 2. The fraction of sp³-hybridized carbons (Fsp3) is 0.786. The van der Waals surface area contributed by atoms with Gasteiger partial charge in [-0.2, -0.15) is 0 Å². The van der Waals surface area contributed by atoms with Crippen LogP contribution in [0.1, 0.15) is 60.3 Å². The number of rotatable bonds is 3. The second-order valence-electron chi connectivity index (χ2n) is 3.75. The van der Waals surface area contributed by atoms with Gasteiger partial charge in [0, 0.05) is 13.0 Å². The van der Waals surface area contributed by atoms with E-state index in [0.29, 0.717) is 25.7 Å². The van der Waals surface area contributed by atoms with Gasteiger partial charge in [0.1, 0.15) is 6.29 Å². The Morgan fingerprint density at radius 1 is 1.37 bits per heavy atom. The van der Waals surface area contributed by atoms with Gasteiger partial charge in [0.2, 0.25) is 11.8 Å². The lowest BCUT2D eigenvalue weighted by molar-refractivity contribution is -0.126. The number of hydrogen-bond acceptors (Lipinski definition) is 3. The molecule has 0 aromatic carbocycles. The van der Waals surface area contributed by atoms with Crippen molar-refractivity contribution >= 4 is 18.1 Å². The zero-order valence-electron chi connectivity index (χ0n) is 13.0. The van der Waals surface area contributed by atoms with Crippen molar-refractivity contribution in [3.05, 3.63) is 0 Å². The molecule has 0 spiro atoms. The third kappa shape index (κ3) is 19.1. The first-order valence-corrected chi connectivity index (χ1v) is 7.04. The lowest BCUT2D eigenvalue weighted by Crippen LogP contribution is -2.19. The summed E-state index contributed by atoms with van der Waals surface area (Å²) >= 11 is 0. The van der Waals surface area contributed by atoms with Crippen LogP contribution in [0.3, 0.4) is 0 Å². The molecular weight excluding hydrogens is 244 g/mol. The van der Waals surface area contributed by atoms with Gasteiger partial charge in [-0.15, -0.1) is 0 Å². The quantitative estimate of drug-likeness (QED) is 0.609. The molecule has 2 amide bonds. The van der Waals surface area contributed by atoms with Crippen molar-refractivity contribution in [2.75, 3.05) is 6.54 Å². The average Bonchev–Trinajstić information content (AvgIpc) is 2.79. The molecule has 1 fully saturated rings. The Morgan fingerprint density at radius 3 is 1.95 bits per heavy atom. The molecule has 0 saturated carbocycles. The van der Waals surface area contributed by atoms with E-state index in [1.165, 1.54) is 6.42 Å². The number of hydrogen-bond donors (Lipinski definition) is 2. The van der Waals surface area contributed by atoms with Gasteiger partial charge in [-0.1, -0.05) is 41.0 Å². The van der Waals surface area contributed by atoms with Crippen molar-refractivity contribution in [3.8, 4) is 0 Å². The molecular formula is C14H30N2O3. The zero-order chi connectivity index (χ0) is 15.7. The Labute approximate surface area is 117 Å². The Bertz CT molecular complexity index is 231. The molecule has 1 atom stereocenters. The molecule has 5 heteroatoms. The predicted octanol–water partition coefficient (Wildman–Crippen LogP) is 2.04. The number of primary amides is 1. The molecule has 3 N–H and O–H groups in total. The van der Waals surface area contributed by atoms with Crippen LogP contribution in [0.15, 0.2) is 0 Å². The standard InChI is InChI=1S/C5H7NO2.C4H9NO.C3H8.C2H6/c7-3-4-1-2-6-5(4)8;1-2-3-4(5)6;1-3-2;1-2/h3-4H,1-2H2,(H,6,8);2-3H2,1H3,(H2,5,6);3H2,1-2H3;1-2H3. The smallest absolute Gasteiger partial charge is 0.230 e. The third-order valence-corrected chi connectivity index (χ3v) is 1.75. The number of nitrogens with two attached hydrogens (primary N) is 1. The van der Waals surface area contributed by atoms with Crippen molar-refractivity contribution in [2.24, 2.45) is 11.7 Å². The lowest BCUT2D eigenvalue weighted by Gasteiger charge is -1.89. The average molecular weight is 274 g/mol. The number of carbonyl (C=O) groups excluding carboxylic acids is 3. The van der Waals surface area contributed by atoms with Crippen molar-refractivity contribution < 1.29 is 14.4 Å². The Kier molecular flexibility index (Phi) is 22.7. The van der Waals surface area contributed by atoms with Gasteiger partial charge in [-0.05, 0) is 12.8 Å². The minimum atomic E-state index is -0.366. The summed E-state index contributed by atoms with van der Waals surface area (Å²) in [5, 5.41) is 2.55. The number of carbonyl (C=O) groups is 3. The van der Waals surface area contributed by atoms with E-state index in [4.69, 9.17) is 5.73 Å². The second kappa shape index (κ2) is 19.0. The van der Waals surface area contributed by atoms with E-state index >= 15 is 0 Å². The molecule has 1 rings (SSSR count). The Hall–Kier alpha value is -1.39. The maximum absolute atomic E-state index is 10.5. The number of aldehydes is 1. The summed E-state index contributed by atoms with van der Waals surface area (Å²) in [6, 6.07) is 0. The van der Waals surface area contributed by atoms with Crippen LogP contribution >= 0.6 is 0 Å². The van der Waals surface area contributed by atoms with Gasteiger partial charge < -0.3 is 15.8 Å². The van der Waals surface area contributed by atoms with E-state index in [1.54, 1.807) is 0 Å². The SMILES string of the molecule is CC.CCC.CCCC(N)=O.O=CC1CCNC1=O. The van der Waals surface area contributed by atoms with Gasteiger partial charge in [0.05, 0.1) is 5.92 Å². The van der Waals surface area contributed by atoms with Gasteiger partial charge in [-0.3, -0.25) is 9.59 Å². The number of nitrogens with one attached hydrogen (secondary N) is 1. The summed E-state index contributed by atoms with van der Waals surface area (Å²) in [7, 11) is 0. The normalized spacial score (nSPS) is 15.4. The molecule has 1 unspecified atom stereocenters. The maximum atomic E-state index is 10.5. The molecule has 1 heterocycles. The lowest BCUT2D eigenvalue weighted by atomic mass is 10.1. The van der Waals surface area contributed by atoms with Crippen LogP contribution in [-0.2, 0) is 14.4 Å². The first-order chi connectivity index (χ1) is 9.03. The zero-order valence-corrected chi connectivity index (χ0v) is 13.0. The molecule has 1 aliphatic heterocycles. The van der Waals surface area contributed by atoms with E-state index in [1.807, 2.05) is 20.8 Å². The molecule has 114 valence electrons. The summed E-state index contributed by atoms with van der Waals surface area (Å²) in [4.78, 5) is 30.2. The van der Waals surface area contributed by atoms with Crippen molar-refractivity contribution in [3.63, 3.8) is 0 Å². The topological polar surface area (TPSA) is 89.3 Å². The van der Waals surface area contributed by atoms with Crippen molar-refractivity contribution in [1.29, 1.82) is 0 Å². The molecule has 0 aromatic heterocycles. The van der Waals surface area contributed by atoms with Crippen LogP contribution in [0.5, 0.6) is 0 Å². The van der Waals surface area contributed by atoms with Crippen LogP contribution in [-0.4, -0.2) is 24.6 Å².